The van der Waals surface area contributed by atoms with Crippen LogP contribution in [0, 0.1) is 6.92 Å². The summed E-state index contributed by atoms with van der Waals surface area (Å²) in [5.74, 6) is 1.22. The fourth-order valence-electron chi connectivity index (χ4n) is 1.95. The minimum atomic E-state index is 0.385. The maximum Gasteiger partial charge on any atom is 0.00752 e. The fourth-order valence-corrected chi connectivity index (χ4v) is 2.88. The van der Waals surface area contributed by atoms with Gasteiger partial charge in [0.05, 0.1) is 0 Å². The molecule has 0 heterocycles. The summed E-state index contributed by atoms with van der Waals surface area (Å²) in [5.41, 5.74) is 4.46. The highest BCUT2D eigenvalue weighted by atomic mass is 32.2. The second kappa shape index (κ2) is 6.49. The van der Waals surface area contributed by atoms with E-state index in [4.69, 9.17) is 0 Å². The molecule has 1 aromatic carbocycles. The maximum absolute atomic E-state index is 2.36. The van der Waals surface area contributed by atoms with E-state index in [-0.39, 0.29) is 0 Å². The molecule has 96 valence electrons. The third-order valence-corrected chi connectivity index (χ3v) is 4.13. The molecule has 0 bridgehead atoms. The lowest BCUT2D eigenvalue weighted by Crippen LogP contribution is -2.09. The van der Waals surface area contributed by atoms with E-state index in [1.165, 1.54) is 41.7 Å². The quantitative estimate of drug-likeness (QED) is 0.707. The normalized spacial score (nSPS) is 11.8. The van der Waals surface area contributed by atoms with Crippen LogP contribution in [0.15, 0.2) is 18.2 Å². The monoisotopic (exact) mass is 250 g/mol. The summed E-state index contributed by atoms with van der Waals surface area (Å²) >= 11 is 2.05. The molecule has 0 saturated carbocycles. The number of aryl methyl sites for hydroxylation is 3. The van der Waals surface area contributed by atoms with E-state index in [0.29, 0.717) is 4.75 Å². The van der Waals surface area contributed by atoms with E-state index in [2.05, 4.69) is 64.6 Å². The summed E-state index contributed by atoms with van der Waals surface area (Å²) in [6, 6.07) is 6.98. The standard InChI is InChI=1S/C16H26S/c1-6-7-14-8-9-15(13(2)12-14)10-11-17-16(3,4)5/h8-9,12H,6-7,10-11H2,1-5H3. The Balaban J connectivity index is 2.54. The van der Waals surface area contributed by atoms with Crippen molar-refractivity contribution in [1.29, 1.82) is 0 Å². The van der Waals surface area contributed by atoms with E-state index in [1.54, 1.807) is 0 Å². The van der Waals surface area contributed by atoms with Crippen LogP contribution in [0.4, 0.5) is 0 Å². The minimum Gasteiger partial charge on any atom is -0.156 e. The Kier molecular flexibility index (Phi) is 5.58. The summed E-state index contributed by atoms with van der Waals surface area (Å²) < 4.78 is 0.385. The van der Waals surface area contributed by atoms with Crippen LogP contribution in [0.2, 0.25) is 0 Å². The Morgan fingerprint density at radius 2 is 1.82 bits per heavy atom. The first-order chi connectivity index (χ1) is 7.92. The van der Waals surface area contributed by atoms with Gasteiger partial charge in [-0.15, -0.1) is 0 Å². The summed E-state index contributed by atoms with van der Waals surface area (Å²) in [5, 5.41) is 0. The van der Waals surface area contributed by atoms with Crippen LogP contribution in [0.1, 0.15) is 50.8 Å². The smallest absolute Gasteiger partial charge is 0.00752 e. The van der Waals surface area contributed by atoms with Crippen molar-refractivity contribution in [3.05, 3.63) is 34.9 Å². The van der Waals surface area contributed by atoms with Gasteiger partial charge in [0.15, 0.2) is 0 Å². The molecule has 17 heavy (non-hydrogen) atoms. The fraction of sp³-hybridized carbons (Fsp3) is 0.625. The third kappa shape index (κ3) is 5.63. The molecular formula is C16H26S. The van der Waals surface area contributed by atoms with Gasteiger partial charge >= 0.3 is 0 Å². The van der Waals surface area contributed by atoms with Gasteiger partial charge in [0.25, 0.3) is 0 Å². The van der Waals surface area contributed by atoms with Gasteiger partial charge < -0.3 is 0 Å². The maximum atomic E-state index is 2.36. The second-order valence-electron chi connectivity index (χ2n) is 5.72. The molecule has 0 saturated heterocycles. The van der Waals surface area contributed by atoms with Crippen molar-refractivity contribution in [1.82, 2.24) is 0 Å². The Morgan fingerprint density at radius 3 is 2.35 bits per heavy atom. The molecule has 1 heteroatoms. The number of rotatable bonds is 5. The molecule has 0 unspecified atom stereocenters. The van der Waals surface area contributed by atoms with Crippen LogP contribution in [0.5, 0.6) is 0 Å². The first-order valence-corrected chi connectivity index (χ1v) is 7.63. The van der Waals surface area contributed by atoms with Crippen molar-refractivity contribution in [3.63, 3.8) is 0 Å². The zero-order valence-electron chi connectivity index (χ0n) is 12.0. The summed E-state index contributed by atoms with van der Waals surface area (Å²) in [6.45, 7) is 11.3. The van der Waals surface area contributed by atoms with Crippen LogP contribution in [-0.4, -0.2) is 10.5 Å². The molecule has 0 aliphatic carbocycles. The van der Waals surface area contributed by atoms with Gasteiger partial charge in [0, 0.05) is 4.75 Å². The molecule has 0 aliphatic heterocycles. The molecule has 0 aromatic heterocycles. The number of thioether (sulfide) groups is 1. The third-order valence-electron chi connectivity index (χ3n) is 2.85. The van der Waals surface area contributed by atoms with E-state index < -0.39 is 0 Å². The van der Waals surface area contributed by atoms with Crippen LogP contribution in [0.25, 0.3) is 0 Å². The van der Waals surface area contributed by atoms with E-state index >= 15 is 0 Å². The molecule has 0 radical (unpaired) electrons. The first kappa shape index (κ1) is 14.6. The van der Waals surface area contributed by atoms with Crippen molar-refractivity contribution in [2.75, 3.05) is 5.75 Å². The highest BCUT2D eigenvalue weighted by Gasteiger charge is 2.10. The zero-order chi connectivity index (χ0) is 12.9. The summed E-state index contributed by atoms with van der Waals surface area (Å²) in [7, 11) is 0. The Morgan fingerprint density at radius 1 is 1.12 bits per heavy atom. The minimum absolute atomic E-state index is 0.385. The average Bonchev–Trinajstić information content (AvgIpc) is 2.20. The van der Waals surface area contributed by atoms with Crippen molar-refractivity contribution < 1.29 is 0 Å². The lowest BCUT2D eigenvalue weighted by atomic mass is 10.0. The predicted octanol–water partition coefficient (Wildman–Crippen LogP) is 5.02. The highest BCUT2D eigenvalue weighted by Crippen LogP contribution is 2.24. The van der Waals surface area contributed by atoms with Crippen molar-refractivity contribution in [2.24, 2.45) is 0 Å². The van der Waals surface area contributed by atoms with Crippen LogP contribution in [-0.2, 0) is 12.8 Å². The number of hydrogen-bond acceptors (Lipinski definition) is 1. The summed E-state index contributed by atoms with van der Waals surface area (Å²) in [4.78, 5) is 0. The van der Waals surface area contributed by atoms with Gasteiger partial charge in [-0.2, -0.15) is 11.8 Å². The van der Waals surface area contributed by atoms with Gasteiger partial charge in [-0.25, -0.2) is 0 Å². The molecule has 1 rings (SSSR count). The molecular weight excluding hydrogens is 224 g/mol. The predicted molar refractivity (Wildman–Crippen MR) is 81.1 cm³/mol. The van der Waals surface area contributed by atoms with Gasteiger partial charge in [-0.05, 0) is 42.2 Å². The molecule has 0 atom stereocenters. The second-order valence-corrected chi connectivity index (χ2v) is 7.64. The molecule has 0 N–H and O–H groups in total. The lowest BCUT2D eigenvalue weighted by Gasteiger charge is -2.17. The van der Waals surface area contributed by atoms with Gasteiger partial charge in [0.1, 0.15) is 0 Å². The molecule has 0 amide bonds. The van der Waals surface area contributed by atoms with Gasteiger partial charge in [0.2, 0.25) is 0 Å². The van der Waals surface area contributed by atoms with Crippen LogP contribution < -0.4 is 0 Å². The summed E-state index contributed by atoms with van der Waals surface area (Å²) in [6.07, 6.45) is 3.64. The number of hydrogen-bond donors (Lipinski definition) is 0. The van der Waals surface area contributed by atoms with Crippen LogP contribution >= 0.6 is 11.8 Å². The molecule has 0 aliphatic rings. The molecule has 0 spiro atoms. The van der Waals surface area contributed by atoms with E-state index in [9.17, 15) is 0 Å². The SMILES string of the molecule is CCCc1ccc(CCSC(C)(C)C)c(C)c1. The van der Waals surface area contributed by atoms with Crippen molar-refractivity contribution in [3.8, 4) is 0 Å². The van der Waals surface area contributed by atoms with Crippen LogP contribution in [0.3, 0.4) is 0 Å². The van der Waals surface area contributed by atoms with E-state index in [0.717, 1.165) is 0 Å². The zero-order valence-corrected chi connectivity index (χ0v) is 12.8. The Hall–Kier alpha value is -0.430. The first-order valence-electron chi connectivity index (χ1n) is 6.65. The highest BCUT2D eigenvalue weighted by molar-refractivity contribution is 8.00. The van der Waals surface area contributed by atoms with Crippen molar-refractivity contribution >= 4 is 11.8 Å². The Labute approximate surface area is 111 Å². The molecule has 0 fully saturated rings. The van der Waals surface area contributed by atoms with Crippen molar-refractivity contribution in [2.45, 2.75) is 58.6 Å². The lowest BCUT2D eigenvalue weighted by molar-refractivity contribution is 0.801. The largest absolute Gasteiger partial charge is 0.156 e. The number of benzene rings is 1. The van der Waals surface area contributed by atoms with E-state index in [1.807, 2.05) is 0 Å². The molecule has 1 aromatic rings. The topological polar surface area (TPSA) is 0 Å². The average molecular weight is 250 g/mol. The Bertz CT molecular complexity index is 347. The van der Waals surface area contributed by atoms with Gasteiger partial charge in [-0.3, -0.25) is 0 Å². The van der Waals surface area contributed by atoms with Gasteiger partial charge in [-0.1, -0.05) is 52.3 Å². The molecule has 0 nitrogen and oxygen atoms in total.